The van der Waals surface area contributed by atoms with Gasteiger partial charge in [0.2, 0.25) is 0 Å². The fourth-order valence-corrected chi connectivity index (χ4v) is 2.81. The first-order valence-corrected chi connectivity index (χ1v) is 8.42. The Bertz CT molecular complexity index is 679. The highest BCUT2D eigenvalue weighted by molar-refractivity contribution is 9.10. The van der Waals surface area contributed by atoms with Gasteiger partial charge in [-0.15, -0.1) is 0 Å². The monoisotopic (exact) mass is 397 g/mol. The van der Waals surface area contributed by atoms with Crippen LogP contribution in [0.3, 0.4) is 0 Å². The molecule has 0 aliphatic rings. The second kappa shape index (κ2) is 9.01. The number of aliphatic hydroxyl groups excluding tert-OH is 1. The highest BCUT2D eigenvalue weighted by atomic mass is 79.9. The Morgan fingerprint density at radius 2 is 2.04 bits per heavy atom. The lowest BCUT2D eigenvalue weighted by Crippen LogP contribution is -2.23. The van der Waals surface area contributed by atoms with E-state index < -0.39 is 6.10 Å². The standard InChI is InChI=1S/C18H21BrFNO3/c1-12(22)9-21-10-13-7-15(19)18(17(8-13)23-2)24-11-14-5-3-4-6-16(14)20/h3-8,12,21-22H,9-11H2,1-2H3. The molecule has 0 aromatic heterocycles. The van der Waals surface area contributed by atoms with Crippen LogP contribution >= 0.6 is 15.9 Å². The van der Waals surface area contributed by atoms with Crippen molar-refractivity contribution < 1.29 is 19.0 Å². The summed E-state index contributed by atoms with van der Waals surface area (Å²) in [6.07, 6.45) is -0.404. The molecule has 2 N–H and O–H groups in total. The highest BCUT2D eigenvalue weighted by Gasteiger charge is 2.13. The molecule has 0 aliphatic heterocycles. The van der Waals surface area contributed by atoms with Gasteiger partial charge in [0, 0.05) is 18.7 Å². The molecule has 0 saturated carbocycles. The van der Waals surface area contributed by atoms with Gasteiger partial charge in [0.05, 0.1) is 17.7 Å². The first-order chi connectivity index (χ1) is 11.5. The Balaban J connectivity index is 2.10. The number of nitrogens with one attached hydrogen (secondary N) is 1. The summed E-state index contributed by atoms with van der Waals surface area (Å²) >= 11 is 3.48. The Morgan fingerprint density at radius 1 is 1.29 bits per heavy atom. The minimum atomic E-state index is -0.404. The van der Waals surface area contributed by atoms with E-state index in [1.165, 1.54) is 6.07 Å². The fourth-order valence-electron chi connectivity index (χ4n) is 2.21. The second-order valence-electron chi connectivity index (χ2n) is 5.47. The Labute approximate surface area is 149 Å². The number of hydrogen-bond acceptors (Lipinski definition) is 4. The van der Waals surface area contributed by atoms with E-state index in [2.05, 4.69) is 21.2 Å². The molecule has 0 saturated heterocycles. The molecule has 0 heterocycles. The predicted molar refractivity (Wildman–Crippen MR) is 94.8 cm³/mol. The number of ether oxygens (including phenoxy) is 2. The van der Waals surface area contributed by atoms with Crippen LogP contribution in [0.5, 0.6) is 11.5 Å². The molecule has 0 radical (unpaired) electrons. The van der Waals surface area contributed by atoms with Gasteiger partial charge in [0.1, 0.15) is 12.4 Å². The minimum absolute atomic E-state index is 0.112. The number of benzene rings is 2. The van der Waals surface area contributed by atoms with Gasteiger partial charge >= 0.3 is 0 Å². The first kappa shape index (κ1) is 18.7. The first-order valence-electron chi connectivity index (χ1n) is 7.62. The van der Waals surface area contributed by atoms with Gasteiger partial charge in [-0.1, -0.05) is 18.2 Å². The van der Waals surface area contributed by atoms with Crippen molar-refractivity contribution in [3.8, 4) is 11.5 Å². The van der Waals surface area contributed by atoms with Crippen LogP contribution < -0.4 is 14.8 Å². The lowest BCUT2D eigenvalue weighted by molar-refractivity contribution is 0.191. The van der Waals surface area contributed by atoms with Crippen LogP contribution in [0.4, 0.5) is 4.39 Å². The average Bonchev–Trinajstić information content (AvgIpc) is 2.54. The van der Waals surface area contributed by atoms with Gasteiger partial charge in [-0.25, -0.2) is 4.39 Å². The van der Waals surface area contributed by atoms with Crippen molar-refractivity contribution in [3.05, 3.63) is 57.8 Å². The molecule has 0 aliphatic carbocycles. The van der Waals surface area contributed by atoms with Crippen molar-refractivity contribution >= 4 is 15.9 Å². The number of hydrogen-bond donors (Lipinski definition) is 2. The van der Waals surface area contributed by atoms with E-state index in [1.54, 1.807) is 32.2 Å². The van der Waals surface area contributed by atoms with E-state index in [1.807, 2.05) is 12.1 Å². The summed E-state index contributed by atoms with van der Waals surface area (Å²) in [5, 5.41) is 12.4. The van der Waals surface area contributed by atoms with Gasteiger partial charge in [-0.3, -0.25) is 0 Å². The fraction of sp³-hybridized carbons (Fsp3) is 0.333. The van der Waals surface area contributed by atoms with Crippen molar-refractivity contribution in [3.63, 3.8) is 0 Å². The molecule has 0 amide bonds. The molecule has 2 aromatic rings. The topological polar surface area (TPSA) is 50.7 Å². The summed E-state index contributed by atoms with van der Waals surface area (Å²) in [6.45, 7) is 2.93. The molecule has 130 valence electrons. The zero-order valence-electron chi connectivity index (χ0n) is 13.7. The largest absolute Gasteiger partial charge is 0.493 e. The van der Waals surface area contributed by atoms with Crippen LogP contribution in [-0.2, 0) is 13.2 Å². The summed E-state index contributed by atoms with van der Waals surface area (Å²) in [5.74, 6) is 0.793. The molecule has 0 fully saturated rings. The van der Waals surface area contributed by atoms with Crippen LogP contribution in [-0.4, -0.2) is 24.9 Å². The lowest BCUT2D eigenvalue weighted by Gasteiger charge is -2.15. The number of aliphatic hydroxyl groups is 1. The number of rotatable bonds is 8. The smallest absolute Gasteiger partial charge is 0.175 e. The molecule has 0 spiro atoms. The van der Waals surface area contributed by atoms with Gasteiger partial charge < -0.3 is 19.9 Å². The molecular weight excluding hydrogens is 377 g/mol. The van der Waals surface area contributed by atoms with Crippen LogP contribution in [0.15, 0.2) is 40.9 Å². The highest BCUT2D eigenvalue weighted by Crippen LogP contribution is 2.37. The Morgan fingerprint density at radius 3 is 2.71 bits per heavy atom. The van der Waals surface area contributed by atoms with Crippen molar-refractivity contribution in [1.82, 2.24) is 5.32 Å². The van der Waals surface area contributed by atoms with E-state index in [9.17, 15) is 9.50 Å². The molecule has 2 rings (SSSR count). The van der Waals surface area contributed by atoms with Crippen molar-refractivity contribution in [1.29, 1.82) is 0 Å². The van der Waals surface area contributed by atoms with Crippen molar-refractivity contribution in [2.24, 2.45) is 0 Å². The summed E-state index contributed by atoms with van der Waals surface area (Å²) in [7, 11) is 1.56. The predicted octanol–water partition coefficient (Wildman–Crippen LogP) is 3.65. The van der Waals surface area contributed by atoms with Crippen LogP contribution in [0, 0.1) is 5.82 Å². The lowest BCUT2D eigenvalue weighted by atomic mass is 10.2. The molecule has 1 atom stereocenters. The maximum Gasteiger partial charge on any atom is 0.175 e. The van der Waals surface area contributed by atoms with Gasteiger partial charge in [0.25, 0.3) is 0 Å². The Hall–Kier alpha value is -1.63. The SMILES string of the molecule is COc1cc(CNCC(C)O)cc(Br)c1OCc1ccccc1F. The van der Waals surface area contributed by atoms with Crippen LogP contribution in [0.25, 0.3) is 0 Å². The molecular formula is C18H21BrFNO3. The molecule has 1 unspecified atom stereocenters. The van der Waals surface area contributed by atoms with Gasteiger partial charge in [-0.2, -0.15) is 0 Å². The third kappa shape index (κ3) is 5.19. The third-order valence-electron chi connectivity index (χ3n) is 3.39. The zero-order valence-corrected chi connectivity index (χ0v) is 15.3. The summed E-state index contributed by atoms with van der Waals surface area (Å²) in [5.41, 5.74) is 1.46. The number of halogens is 2. The van der Waals surface area contributed by atoms with Crippen LogP contribution in [0.1, 0.15) is 18.1 Å². The zero-order chi connectivity index (χ0) is 17.5. The Kier molecular flexibility index (Phi) is 7.02. The molecule has 6 heteroatoms. The van der Waals surface area contributed by atoms with E-state index in [0.29, 0.717) is 30.2 Å². The van der Waals surface area contributed by atoms with Crippen molar-refractivity contribution in [2.75, 3.05) is 13.7 Å². The number of methoxy groups -OCH3 is 1. The summed E-state index contributed by atoms with van der Waals surface area (Å²) in [6, 6.07) is 10.3. The molecule has 4 nitrogen and oxygen atoms in total. The maximum absolute atomic E-state index is 13.7. The molecule has 24 heavy (non-hydrogen) atoms. The third-order valence-corrected chi connectivity index (χ3v) is 3.98. The van der Waals surface area contributed by atoms with E-state index in [0.717, 1.165) is 10.0 Å². The summed E-state index contributed by atoms with van der Waals surface area (Å²) < 4.78 is 25.6. The molecule has 0 bridgehead atoms. The van der Waals surface area contributed by atoms with Crippen LogP contribution in [0.2, 0.25) is 0 Å². The quantitative estimate of drug-likeness (QED) is 0.713. The van der Waals surface area contributed by atoms with E-state index >= 15 is 0 Å². The maximum atomic E-state index is 13.7. The minimum Gasteiger partial charge on any atom is -0.493 e. The molecule has 2 aromatic carbocycles. The van der Waals surface area contributed by atoms with Crippen molar-refractivity contribution in [2.45, 2.75) is 26.2 Å². The van der Waals surface area contributed by atoms with Gasteiger partial charge in [-0.05, 0) is 46.6 Å². The average molecular weight is 398 g/mol. The second-order valence-corrected chi connectivity index (χ2v) is 6.32. The normalized spacial score (nSPS) is 12.0. The summed E-state index contributed by atoms with van der Waals surface area (Å²) in [4.78, 5) is 0. The van der Waals surface area contributed by atoms with E-state index in [-0.39, 0.29) is 12.4 Å². The van der Waals surface area contributed by atoms with Gasteiger partial charge in [0.15, 0.2) is 11.5 Å². The van der Waals surface area contributed by atoms with E-state index in [4.69, 9.17) is 9.47 Å².